The average Bonchev–Trinajstić information content (AvgIpc) is 2.25. The van der Waals surface area contributed by atoms with Crippen molar-refractivity contribution in [1.29, 1.82) is 0 Å². The molecule has 0 aromatic carbocycles. The minimum atomic E-state index is -3.17. The number of hydrogen-bond acceptors (Lipinski definition) is 4. The van der Waals surface area contributed by atoms with E-state index in [-0.39, 0.29) is 6.04 Å². The molecule has 1 rings (SSSR count). The van der Waals surface area contributed by atoms with Crippen LogP contribution < -0.4 is 5.32 Å². The van der Waals surface area contributed by atoms with Crippen LogP contribution in [0.25, 0.3) is 0 Å². The zero-order valence-corrected chi connectivity index (χ0v) is 12.5. The van der Waals surface area contributed by atoms with Crippen molar-refractivity contribution in [3.8, 4) is 0 Å². The molecule has 0 amide bonds. The van der Waals surface area contributed by atoms with E-state index in [0.717, 1.165) is 11.3 Å². The number of nitrogens with zero attached hydrogens (tertiary/aromatic N) is 1. The normalized spacial score (nSPS) is 14.5. The molecule has 1 atom stereocenters. The molecule has 0 bridgehead atoms. The second-order valence-corrected chi connectivity index (χ2v) is 7.70. The molecular weight excluding hydrogens is 248 g/mol. The Hall–Kier alpha value is -0.940. The monoisotopic (exact) mass is 270 g/mol. The van der Waals surface area contributed by atoms with Gasteiger partial charge in [-0.3, -0.25) is 4.98 Å². The van der Waals surface area contributed by atoms with Crippen LogP contribution in [0, 0.1) is 6.92 Å². The van der Waals surface area contributed by atoms with Gasteiger partial charge >= 0.3 is 0 Å². The summed E-state index contributed by atoms with van der Waals surface area (Å²) >= 11 is 0. The lowest BCUT2D eigenvalue weighted by molar-refractivity contribution is 0.427. The first-order valence-corrected chi connectivity index (χ1v) is 7.94. The predicted octanol–water partition coefficient (Wildman–Crippen LogP) is 1.86. The average molecular weight is 270 g/mol. The van der Waals surface area contributed by atoms with Crippen molar-refractivity contribution in [3.63, 3.8) is 0 Å². The lowest BCUT2D eigenvalue weighted by Crippen LogP contribution is -2.45. The summed E-state index contributed by atoms with van der Waals surface area (Å²) in [6.07, 6.45) is 3.02. The molecule has 1 aromatic rings. The van der Waals surface area contributed by atoms with Gasteiger partial charge in [0.25, 0.3) is 0 Å². The number of aryl methyl sites for hydroxylation is 1. The number of nitrogens with one attached hydrogen (secondary N) is 1. The Labute approximate surface area is 110 Å². The van der Waals surface area contributed by atoms with Gasteiger partial charge in [0, 0.05) is 18.1 Å². The third-order valence-corrected chi connectivity index (χ3v) is 5.47. The van der Waals surface area contributed by atoms with E-state index in [2.05, 4.69) is 10.3 Å². The Morgan fingerprint density at radius 3 is 2.39 bits per heavy atom. The summed E-state index contributed by atoms with van der Waals surface area (Å²) in [6.45, 7) is 8.07. The highest BCUT2D eigenvalue weighted by Crippen LogP contribution is 2.31. The summed E-state index contributed by atoms with van der Waals surface area (Å²) in [5, 5.41) is 3.25. The molecule has 102 valence electrons. The number of hydrogen-bond donors (Lipinski definition) is 1. The van der Waals surface area contributed by atoms with Gasteiger partial charge in [-0.1, -0.05) is 13.0 Å². The molecular formula is C13H22N2O2S. The van der Waals surface area contributed by atoms with Crippen LogP contribution in [-0.2, 0) is 9.84 Å². The number of aromatic nitrogens is 1. The Morgan fingerprint density at radius 1 is 1.39 bits per heavy atom. The molecule has 0 saturated carbocycles. The largest absolute Gasteiger partial charge is 0.309 e. The van der Waals surface area contributed by atoms with E-state index >= 15 is 0 Å². The molecule has 1 unspecified atom stereocenters. The van der Waals surface area contributed by atoms with Gasteiger partial charge in [-0.05, 0) is 38.9 Å². The minimum Gasteiger partial charge on any atom is -0.309 e. The van der Waals surface area contributed by atoms with Crippen molar-refractivity contribution in [2.45, 2.75) is 38.5 Å². The Morgan fingerprint density at radius 2 is 2.00 bits per heavy atom. The summed E-state index contributed by atoms with van der Waals surface area (Å²) in [5.41, 5.74) is 1.82. The van der Waals surface area contributed by atoms with Crippen LogP contribution >= 0.6 is 0 Å². The first-order valence-electron chi connectivity index (χ1n) is 6.05. The van der Waals surface area contributed by atoms with Crippen LogP contribution in [-0.4, -0.2) is 30.9 Å². The van der Waals surface area contributed by atoms with Crippen molar-refractivity contribution in [3.05, 3.63) is 29.6 Å². The van der Waals surface area contributed by atoms with E-state index in [1.807, 2.05) is 26.0 Å². The van der Waals surface area contributed by atoms with Gasteiger partial charge in [0.1, 0.15) is 0 Å². The van der Waals surface area contributed by atoms with Crippen LogP contribution in [0.1, 0.15) is 38.1 Å². The van der Waals surface area contributed by atoms with E-state index < -0.39 is 14.6 Å². The molecule has 0 saturated heterocycles. The molecule has 1 aromatic heterocycles. The van der Waals surface area contributed by atoms with E-state index in [1.165, 1.54) is 6.26 Å². The van der Waals surface area contributed by atoms with Crippen LogP contribution in [0.3, 0.4) is 0 Å². The second-order valence-electron chi connectivity index (χ2n) is 5.10. The topological polar surface area (TPSA) is 59.1 Å². The molecule has 0 aliphatic heterocycles. The van der Waals surface area contributed by atoms with Gasteiger partial charge in [0.05, 0.1) is 10.8 Å². The highest BCUT2D eigenvalue weighted by atomic mass is 32.2. The second kappa shape index (κ2) is 5.36. The number of pyridine rings is 1. The molecule has 1 N–H and O–H groups in total. The maximum absolute atomic E-state index is 11.9. The summed E-state index contributed by atoms with van der Waals surface area (Å²) < 4.78 is 23.0. The first kappa shape index (κ1) is 15.1. The number of sulfone groups is 1. The summed E-state index contributed by atoms with van der Waals surface area (Å²) in [6, 6.07) is 3.58. The van der Waals surface area contributed by atoms with Crippen molar-refractivity contribution in [2.24, 2.45) is 0 Å². The molecule has 1 heterocycles. The Balaban J connectivity index is 3.22. The van der Waals surface area contributed by atoms with Crippen LogP contribution in [0.15, 0.2) is 18.3 Å². The fourth-order valence-corrected chi connectivity index (χ4v) is 2.48. The lowest BCUT2D eigenvalue weighted by atomic mass is 9.96. The fraction of sp³-hybridized carbons (Fsp3) is 0.615. The number of rotatable bonds is 5. The van der Waals surface area contributed by atoms with Gasteiger partial charge < -0.3 is 5.32 Å². The Kier molecular flexibility index (Phi) is 4.50. The van der Waals surface area contributed by atoms with Crippen molar-refractivity contribution < 1.29 is 8.42 Å². The standard InChI is InChI=1S/C13H22N2O2S/c1-6-14-12(13(3,4)18(5,16)17)11-8-7-10(2)15-9-11/h7-9,12,14H,6H2,1-5H3. The van der Waals surface area contributed by atoms with Crippen molar-refractivity contribution in [1.82, 2.24) is 10.3 Å². The molecule has 0 spiro atoms. The SMILES string of the molecule is CCNC(c1ccc(C)nc1)C(C)(C)S(C)(=O)=O. The van der Waals surface area contributed by atoms with Gasteiger partial charge in [0.15, 0.2) is 9.84 Å². The van der Waals surface area contributed by atoms with Crippen molar-refractivity contribution >= 4 is 9.84 Å². The fourth-order valence-electron chi connectivity index (χ4n) is 1.83. The van der Waals surface area contributed by atoms with Gasteiger partial charge in [-0.15, -0.1) is 0 Å². The minimum absolute atomic E-state index is 0.259. The smallest absolute Gasteiger partial charge is 0.154 e. The third kappa shape index (κ3) is 3.09. The van der Waals surface area contributed by atoms with E-state index in [4.69, 9.17) is 0 Å². The molecule has 0 fully saturated rings. The molecule has 0 aliphatic rings. The molecule has 5 heteroatoms. The van der Waals surface area contributed by atoms with Gasteiger partial charge in [-0.2, -0.15) is 0 Å². The first-order chi connectivity index (χ1) is 8.20. The van der Waals surface area contributed by atoms with E-state index in [1.54, 1.807) is 20.0 Å². The Bertz CT molecular complexity index is 492. The summed E-state index contributed by atoms with van der Waals surface area (Å²) in [7, 11) is -3.17. The predicted molar refractivity (Wildman–Crippen MR) is 74.3 cm³/mol. The van der Waals surface area contributed by atoms with Gasteiger partial charge in [0.2, 0.25) is 0 Å². The van der Waals surface area contributed by atoms with Crippen LogP contribution in [0.2, 0.25) is 0 Å². The third-order valence-electron chi connectivity index (χ3n) is 3.33. The van der Waals surface area contributed by atoms with Crippen LogP contribution in [0.4, 0.5) is 0 Å². The van der Waals surface area contributed by atoms with Gasteiger partial charge in [-0.25, -0.2) is 8.42 Å². The molecule has 0 aliphatic carbocycles. The summed E-state index contributed by atoms with van der Waals surface area (Å²) in [5.74, 6) is 0. The maximum atomic E-state index is 11.9. The summed E-state index contributed by atoms with van der Waals surface area (Å²) in [4.78, 5) is 4.24. The molecule has 0 radical (unpaired) electrons. The quantitative estimate of drug-likeness (QED) is 0.887. The van der Waals surface area contributed by atoms with E-state index in [9.17, 15) is 8.42 Å². The zero-order valence-electron chi connectivity index (χ0n) is 11.7. The lowest BCUT2D eigenvalue weighted by Gasteiger charge is -2.33. The molecule has 18 heavy (non-hydrogen) atoms. The highest BCUT2D eigenvalue weighted by molar-refractivity contribution is 7.92. The van der Waals surface area contributed by atoms with Crippen LogP contribution in [0.5, 0.6) is 0 Å². The molecule has 4 nitrogen and oxygen atoms in total. The zero-order chi connectivity index (χ0) is 14.0. The highest BCUT2D eigenvalue weighted by Gasteiger charge is 2.39. The van der Waals surface area contributed by atoms with Crippen molar-refractivity contribution in [2.75, 3.05) is 12.8 Å². The van der Waals surface area contributed by atoms with E-state index in [0.29, 0.717) is 6.54 Å². The maximum Gasteiger partial charge on any atom is 0.154 e.